The van der Waals surface area contributed by atoms with Gasteiger partial charge in [-0.2, -0.15) is 0 Å². The summed E-state index contributed by atoms with van der Waals surface area (Å²) in [6, 6.07) is 20.8. The summed E-state index contributed by atoms with van der Waals surface area (Å²) in [7, 11) is 0. The van der Waals surface area contributed by atoms with E-state index in [1.54, 1.807) is 0 Å². The molecule has 2 aromatic carbocycles. The van der Waals surface area contributed by atoms with Crippen molar-refractivity contribution >= 4 is 22.3 Å². The molecule has 1 saturated heterocycles. The molecule has 3 aromatic rings. The van der Waals surface area contributed by atoms with Gasteiger partial charge in [0.05, 0.1) is 24.8 Å². The topological polar surface area (TPSA) is 38.8 Å². The lowest BCUT2D eigenvalue weighted by Crippen LogP contribution is -2.35. The van der Waals surface area contributed by atoms with Crippen LogP contribution in [0.4, 0.5) is 5.00 Å². The lowest BCUT2D eigenvalue weighted by atomic mass is 10.0. The summed E-state index contributed by atoms with van der Waals surface area (Å²) in [5.74, 6) is -0.255. The van der Waals surface area contributed by atoms with Crippen LogP contribution in [0.5, 0.6) is 0 Å². The van der Waals surface area contributed by atoms with E-state index in [4.69, 9.17) is 9.47 Å². The Morgan fingerprint density at radius 1 is 1.00 bits per heavy atom. The fourth-order valence-corrected chi connectivity index (χ4v) is 4.49. The number of thiophene rings is 1. The molecule has 28 heavy (non-hydrogen) atoms. The first kappa shape index (κ1) is 18.7. The first-order valence-corrected chi connectivity index (χ1v) is 10.4. The Bertz CT molecular complexity index is 928. The van der Waals surface area contributed by atoms with Crippen molar-refractivity contribution in [3.05, 3.63) is 65.5 Å². The molecule has 0 saturated carbocycles. The van der Waals surface area contributed by atoms with Gasteiger partial charge in [0.25, 0.3) is 0 Å². The number of carbonyl (C=O) groups excluding carboxylic acids is 1. The van der Waals surface area contributed by atoms with Crippen molar-refractivity contribution < 1.29 is 14.3 Å². The van der Waals surface area contributed by atoms with Crippen LogP contribution in [0, 0.1) is 0 Å². The highest BCUT2D eigenvalue weighted by atomic mass is 32.1. The van der Waals surface area contributed by atoms with Gasteiger partial charge in [-0.3, -0.25) is 0 Å². The zero-order valence-electron chi connectivity index (χ0n) is 15.9. The normalized spacial score (nSPS) is 14.1. The van der Waals surface area contributed by atoms with Crippen LogP contribution in [0.3, 0.4) is 0 Å². The van der Waals surface area contributed by atoms with Crippen molar-refractivity contribution in [2.24, 2.45) is 0 Å². The van der Waals surface area contributed by atoms with Gasteiger partial charge in [0.2, 0.25) is 0 Å². The number of ether oxygens (including phenoxy) is 2. The number of rotatable bonds is 5. The Hall–Kier alpha value is -2.63. The summed E-state index contributed by atoms with van der Waals surface area (Å²) < 4.78 is 10.7. The maximum Gasteiger partial charge on any atom is 0.348 e. The predicted molar refractivity (Wildman–Crippen MR) is 114 cm³/mol. The third-order valence-electron chi connectivity index (χ3n) is 4.79. The summed E-state index contributed by atoms with van der Waals surface area (Å²) in [5.41, 5.74) is 4.56. The number of benzene rings is 2. The molecule has 0 bridgehead atoms. The van der Waals surface area contributed by atoms with Crippen LogP contribution < -0.4 is 4.90 Å². The van der Waals surface area contributed by atoms with E-state index in [1.165, 1.54) is 22.5 Å². The minimum atomic E-state index is -0.255. The van der Waals surface area contributed by atoms with Crippen LogP contribution in [0.15, 0.2) is 60.7 Å². The SMILES string of the molecule is CCOC(=O)c1cc(-c2ccc(-c3ccccc3)cc2)c(N2CCOCC2)s1. The smallest absolute Gasteiger partial charge is 0.348 e. The highest BCUT2D eigenvalue weighted by Gasteiger charge is 2.22. The number of hydrogen-bond acceptors (Lipinski definition) is 5. The van der Waals surface area contributed by atoms with Crippen molar-refractivity contribution in [1.29, 1.82) is 0 Å². The molecular formula is C23H23NO3S. The highest BCUT2D eigenvalue weighted by Crippen LogP contribution is 2.40. The monoisotopic (exact) mass is 393 g/mol. The molecule has 5 heteroatoms. The minimum Gasteiger partial charge on any atom is -0.462 e. The average Bonchev–Trinajstić information content (AvgIpc) is 3.21. The molecule has 0 radical (unpaired) electrons. The maximum absolute atomic E-state index is 12.3. The van der Waals surface area contributed by atoms with E-state index in [0.29, 0.717) is 24.7 Å². The molecule has 1 fully saturated rings. The summed E-state index contributed by atoms with van der Waals surface area (Å²) in [6.07, 6.45) is 0. The minimum absolute atomic E-state index is 0.255. The second kappa shape index (κ2) is 8.59. The Morgan fingerprint density at radius 2 is 1.64 bits per heavy atom. The Balaban J connectivity index is 1.69. The Kier molecular flexibility index (Phi) is 5.74. The number of anilines is 1. The molecule has 4 nitrogen and oxygen atoms in total. The van der Waals surface area contributed by atoms with Crippen LogP contribution >= 0.6 is 11.3 Å². The quantitative estimate of drug-likeness (QED) is 0.566. The maximum atomic E-state index is 12.3. The molecule has 0 atom stereocenters. The van der Waals surface area contributed by atoms with Crippen molar-refractivity contribution in [2.75, 3.05) is 37.8 Å². The van der Waals surface area contributed by atoms with E-state index >= 15 is 0 Å². The molecule has 1 aromatic heterocycles. The van der Waals surface area contributed by atoms with Crippen molar-refractivity contribution in [3.63, 3.8) is 0 Å². The standard InChI is InChI=1S/C23H23NO3S/c1-2-27-23(25)21-16-20(22(28-21)24-12-14-26-15-13-24)19-10-8-18(9-11-19)17-6-4-3-5-7-17/h3-11,16H,2,12-15H2,1H3. The third-order valence-corrected chi connectivity index (χ3v) is 5.97. The predicted octanol–water partition coefficient (Wildman–Crippen LogP) is 5.10. The second-order valence-corrected chi connectivity index (χ2v) is 7.62. The zero-order chi connectivity index (χ0) is 19.3. The molecule has 0 amide bonds. The summed E-state index contributed by atoms with van der Waals surface area (Å²) >= 11 is 1.51. The lowest BCUT2D eigenvalue weighted by Gasteiger charge is -2.28. The second-order valence-electron chi connectivity index (χ2n) is 6.59. The number of carbonyl (C=O) groups is 1. The van der Waals surface area contributed by atoms with Gasteiger partial charge in [-0.15, -0.1) is 11.3 Å². The van der Waals surface area contributed by atoms with E-state index in [1.807, 2.05) is 31.2 Å². The zero-order valence-corrected chi connectivity index (χ0v) is 16.7. The summed E-state index contributed by atoms with van der Waals surface area (Å²) in [5, 5.41) is 1.11. The number of morpholine rings is 1. The van der Waals surface area contributed by atoms with Gasteiger partial charge < -0.3 is 14.4 Å². The average molecular weight is 394 g/mol. The molecular weight excluding hydrogens is 370 g/mol. The fourth-order valence-electron chi connectivity index (χ4n) is 3.37. The van der Waals surface area contributed by atoms with Crippen LogP contribution in [-0.2, 0) is 9.47 Å². The van der Waals surface area contributed by atoms with E-state index in [2.05, 4.69) is 41.3 Å². The molecule has 1 aliphatic rings. The molecule has 4 rings (SSSR count). The van der Waals surface area contributed by atoms with Crippen molar-refractivity contribution in [1.82, 2.24) is 0 Å². The Labute approximate surface area is 169 Å². The van der Waals surface area contributed by atoms with Gasteiger partial charge in [0.1, 0.15) is 4.88 Å². The molecule has 0 N–H and O–H groups in total. The van der Waals surface area contributed by atoms with E-state index in [0.717, 1.165) is 29.2 Å². The largest absolute Gasteiger partial charge is 0.462 e. The van der Waals surface area contributed by atoms with Gasteiger partial charge in [0, 0.05) is 18.7 Å². The number of hydrogen-bond donors (Lipinski definition) is 0. The first-order valence-electron chi connectivity index (χ1n) is 9.56. The van der Waals surface area contributed by atoms with Crippen molar-refractivity contribution in [2.45, 2.75) is 6.92 Å². The molecule has 0 aliphatic carbocycles. The van der Waals surface area contributed by atoms with Gasteiger partial charge in [-0.1, -0.05) is 54.6 Å². The highest BCUT2D eigenvalue weighted by molar-refractivity contribution is 7.18. The molecule has 0 spiro atoms. The summed E-state index contributed by atoms with van der Waals surface area (Å²) in [6.45, 7) is 5.29. The van der Waals surface area contributed by atoms with Crippen LogP contribution in [0.25, 0.3) is 22.3 Å². The molecule has 0 unspecified atom stereocenters. The van der Waals surface area contributed by atoms with E-state index < -0.39 is 0 Å². The van der Waals surface area contributed by atoms with Crippen LogP contribution in [0.1, 0.15) is 16.6 Å². The molecule has 144 valence electrons. The lowest BCUT2D eigenvalue weighted by molar-refractivity contribution is 0.0532. The molecule has 1 aliphatic heterocycles. The van der Waals surface area contributed by atoms with E-state index in [9.17, 15) is 4.79 Å². The van der Waals surface area contributed by atoms with Crippen LogP contribution in [0.2, 0.25) is 0 Å². The van der Waals surface area contributed by atoms with E-state index in [-0.39, 0.29) is 5.97 Å². The fraction of sp³-hybridized carbons (Fsp3) is 0.261. The molecule has 2 heterocycles. The number of esters is 1. The number of nitrogens with zero attached hydrogens (tertiary/aromatic N) is 1. The van der Waals surface area contributed by atoms with Gasteiger partial charge in [-0.25, -0.2) is 4.79 Å². The van der Waals surface area contributed by atoms with Crippen molar-refractivity contribution in [3.8, 4) is 22.3 Å². The van der Waals surface area contributed by atoms with Gasteiger partial charge >= 0.3 is 5.97 Å². The summed E-state index contributed by atoms with van der Waals surface area (Å²) in [4.78, 5) is 15.3. The van der Waals surface area contributed by atoms with Gasteiger partial charge in [-0.05, 0) is 29.7 Å². The Morgan fingerprint density at radius 3 is 2.32 bits per heavy atom. The van der Waals surface area contributed by atoms with Gasteiger partial charge in [0.15, 0.2) is 0 Å². The third kappa shape index (κ3) is 3.96. The first-order chi connectivity index (χ1) is 13.8. The van der Waals surface area contributed by atoms with Crippen LogP contribution in [-0.4, -0.2) is 38.9 Å².